The fourth-order valence-corrected chi connectivity index (χ4v) is 3.42. The molecule has 0 spiro atoms. The molecule has 154 valence electrons. The van der Waals surface area contributed by atoms with Gasteiger partial charge in [0.1, 0.15) is 11.1 Å². The molecule has 3 nitrogen and oxygen atoms in total. The van der Waals surface area contributed by atoms with E-state index in [0.29, 0.717) is 24.2 Å². The van der Waals surface area contributed by atoms with Crippen molar-refractivity contribution in [1.29, 1.82) is 0 Å². The maximum absolute atomic E-state index is 14.7. The Balaban J connectivity index is 1.63. The number of benzene rings is 2. The Morgan fingerprint density at radius 3 is 2.48 bits per heavy atom. The number of halogens is 1. The first kappa shape index (κ1) is 21.1. The molecule has 0 amide bonds. The molecule has 0 bridgehead atoms. The molecule has 0 aliphatic carbocycles. The Hall–Kier alpha value is -2.62. The third-order valence-corrected chi connectivity index (χ3v) is 5.15. The Kier molecular flexibility index (Phi) is 7.45. The van der Waals surface area contributed by atoms with Gasteiger partial charge >= 0.3 is 5.63 Å². The summed E-state index contributed by atoms with van der Waals surface area (Å²) in [6.07, 6.45) is 6.53. The normalized spacial score (nSPS) is 11.1. The van der Waals surface area contributed by atoms with Gasteiger partial charge in [-0.1, -0.05) is 55.7 Å². The van der Waals surface area contributed by atoms with Crippen LogP contribution in [0.1, 0.15) is 55.9 Å². The molecule has 0 saturated carbocycles. The van der Waals surface area contributed by atoms with Gasteiger partial charge in [0.15, 0.2) is 11.6 Å². The summed E-state index contributed by atoms with van der Waals surface area (Å²) in [4.78, 5) is 12.4. The number of ether oxygens (including phenoxy) is 1. The van der Waals surface area contributed by atoms with E-state index in [9.17, 15) is 9.18 Å². The predicted molar refractivity (Wildman–Crippen MR) is 115 cm³/mol. The van der Waals surface area contributed by atoms with Gasteiger partial charge in [0.2, 0.25) is 0 Å². The molecular formula is C25H29FO3. The van der Waals surface area contributed by atoms with E-state index in [1.807, 2.05) is 0 Å². The summed E-state index contributed by atoms with van der Waals surface area (Å²) in [5.41, 5.74) is 1.94. The molecule has 0 fully saturated rings. The number of rotatable bonds is 10. The highest BCUT2D eigenvalue weighted by molar-refractivity contribution is 5.83. The maximum Gasteiger partial charge on any atom is 0.346 e. The first-order chi connectivity index (χ1) is 14.1. The average Bonchev–Trinajstić information content (AvgIpc) is 2.71. The van der Waals surface area contributed by atoms with E-state index in [1.165, 1.54) is 11.1 Å². The zero-order valence-corrected chi connectivity index (χ0v) is 17.3. The lowest BCUT2D eigenvalue weighted by molar-refractivity contribution is 0.292. The molecule has 2 aromatic carbocycles. The summed E-state index contributed by atoms with van der Waals surface area (Å²) in [6, 6.07) is 13.6. The van der Waals surface area contributed by atoms with Gasteiger partial charge in [-0.2, -0.15) is 0 Å². The molecular weight excluding hydrogens is 367 g/mol. The first-order valence-corrected chi connectivity index (χ1v) is 10.5. The average molecular weight is 397 g/mol. The largest absolute Gasteiger partial charge is 0.490 e. The standard InChI is InChI=1S/C25H29FO3/c1-3-4-7-16-28-22-15-14-20-17-21(29-25(27)23(20)24(22)26)9-6-5-8-19-12-10-18(2)11-13-19/h10-15,17H,3-9,16H2,1-2H3. The van der Waals surface area contributed by atoms with Crippen molar-refractivity contribution in [3.63, 3.8) is 0 Å². The molecule has 0 saturated heterocycles. The van der Waals surface area contributed by atoms with E-state index >= 15 is 0 Å². The van der Waals surface area contributed by atoms with Crippen molar-refractivity contribution in [1.82, 2.24) is 0 Å². The smallest absolute Gasteiger partial charge is 0.346 e. The van der Waals surface area contributed by atoms with Crippen molar-refractivity contribution < 1.29 is 13.5 Å². The van der Waals surface area contributed by atoms with Crippen LogP contribution in [0.15, 0.2) is 51.7 Å². The maximum atomic E-state index is 14.7. The molecule has 0 unspecified atom stereocenters. The van der Waals surface area contributed by atoms with Gasteiger partial charge in [0.25, 0.3) is 0 Å². The highest BCUT2D eigenvalue weighted by Crippen LogP contribution is 2.25. The van der Waals surface area contributed by atoms with Crippen LogP contribution in [0.3, 0.4) is 0 Å². The molecule has 0 aliphatic rings. The van der Waals surface area contributed by atoms with E-state index in [0.717, 1.165) is 38.5 Å². The third-order valence-electron chi connectivity index (χ3n) is 5.15. The van der Waals surface area contributed by atoms with Crippen LogP contribution in [-0.4, -0.2) is 6.61 Å². The Bertz CT molecular complexity index is 989. The summed E-state index contributed by atoms with van der Waals surface area (Å²) in [5.74, 6) is 0.0906. The van der Waals surface area contributed by atoms with E-state index in [4.69, 9.17) is 9.15 Å². The summed E-state index contributed by atoms with van der Waals surface area (Å²) >= 11 is 0. The van der Waals surface area contributed by atoms with Gasteiger partial charge in [-0.05, 0) is 55.7 Å². The van der Waals surface area contributed by atoms with Crippen molar-refractivity contribution in [2.45, 2.75) is 58.8 Å². The van der Waals surface area contributed by atoms with Crippen LogP contribution in [0.25, 0.3) is 10.8 Å². The minimum absolute atomic E-state index is 0.0265. The lowest BCUT2D eigenvalue weighted by atomic mass is 10.0. The Labute approximate surface area is 171 Å². The number of hydrogen-bond donors (Lipinski definition) is 0. The second-order valence-electron chi connectivity index (χ2n) is 7.59. The molecule has 1 heterocycles. The van der Waals surface area contributed by atoms with Gasteiger partial charge in [-0.15, -0.1) is 0 Å². The molecule has 0 N–H and O–H groups in total. The van der Waals surface area contributed by atoms with E-state index in [1.54, 1.807) is 18.2 Å². The summed E-state index contributed by atoms with van der Waals surface area (Å²) in [5, 5.41) is 0.537. The zero-order chi connectivity index (χ0) is 20.6. The molecule has 4 heteroatoms. The third kappa shape index (κ3) is 5.69. The van der Waals surface area contributed by atoms with Gasteiger partial charge in [-0.3, -0.25) is 0 Å². The summed E-state index contributed by atoms with van der Waals surface area (Å²) in [7, 11) is 0. The van der Waals surface area contributed by atoms with Crippen LogP contribution in [0.5, 0.6) is 5.75 Å². The van der Waals surface area contributed by atoms with Crippen molar-refractivity contribution in [3.05, 3.63) is 75.6 Å². The van der Waals surface area contributed by atoms with Gasteiger partial charge in [0.05, 0.1) is 6.61 Å². The quantitative estimate of drug-likeness (QED) is 0.374. The first-order valence-electron chi connectivity index (χ1n) is 10.5. The van der Waals surface area contributed by atoms with Crippen LogP contribution in [0, 0.1) is 12.7 Å². The highest BCUT2D eigenvalue weighted by Gasteiger charge is 2.14. The monoisotopic (exact) mass is 396 g/mol. The number of hydrogen-bond acceptors (Lipinski definition) is 3. The molecule has 3 aromatic rings. The van der Waals surface area contributed by atoms with Crippen molar-refractivity contribution >= 4 is 10.8 Å². The minimum Gasteiger partial charge on any atom is -0.490 e. The SMILES string of the molecule is CCCCCOc1ccc2cc(CCCCc3ccc(C)cc3)oc(=O)c2c1F. The van der Waals surface area contributed by atoms with Crippen LogP contribution >= 0.6 is 0 Å². The van der Waals surface area contributed by atoms with Gasteiger partial charge < -0.3 is 9.15 Å². The molecule has 0 radical (unpaired) electrons. The van der Waals surface area contributed by atoms with Gasteiger partial charge in [-0.25, -0.2) is 9.18 Å². The molecule has 3 rings (SSSR count). The molecule has 1 aromatic heterocycles. The van der Waals surface area contributed by atoms with Crippen LogP contribution < -0.4 is 10.4 Å². The van der Waals surface area contributed by atoms with Crippen molar-refractivity contribution in [2.75, 3.05) is 6.61 Å². The Morgan fingerprint density at radius 2 is 1.72 bits per heavy atom. The Morgan fingerprint density at radius 1 is 0.966 bits per heavy atom. The van der Waals surface area contributed by atoms with Crippen LogP contribution in [-0.2, 0) is 12.8 Å². The summed E-state index contributed by atoms with van der Waals surface area (Å²) in [6.45, 7) is 4.62. The minimum atomic E-state index is -0.632. The lowest BCUT2D eigenvalue weighted by Crippen LogP contribution is -2.07. The second kappa shape index (κ2) is 10.2. The number of aryl methyl sites for hydroxylation is 3. The topological polar surface area (TPSA) is 39.4 Å². The summed E-state index contributed by atoms with van der Waals surface area (Å²) < 4.78 is 25.6. The lowest BCUT2D eigenvalue weighted by Gasteiger charge is -2.09. The van der Waals surface area contributed by atoms with Crippen LogP contribution in [0.4, 0.5) is 4.39 Å². The van der Waals surface area contributed by atoms with Crippen molar-refractivity contribution in [3.8, 4) is 5.75 Å². The van der Waals surface area contributed by atoms with E-state index < -0.39 is 11.4 Å². The van der Waals surface area contributed by atoms with E-state index in [-0.39, 0.29) is 11.1 Å². The second-order valence-corrected chi connectivity index (χ2v) is 7.59. The molecule has 0 aliphatic heterocycles. The van der Waals surface area contributed by atoms with Crippen LogP contribution in [0.2, 0.25) is 0 Å². The fourth-order valence-electron chi connectivity index (χ4n) is 3.42. The molecule has 0 atom stereocenters. The fraction of sp³-hybridized carbons (Fsp3) is 0.400. The van der Waals surface area contributed by atoms with Crippen molar-refractivity contribution in [2.24, 2.45) is 0 Å². The zero-order valence-electron chi connectivity index (χ0n) is 17.3. The molecule has 29 heavy (non-hydrogen) atoms. The van der Waals surface area contributed by atoms with Gasteiger partial charge in [0, 0.05) is 6.42 Å². The highest BCUT2D eigenvalue weighted by atomic mass is 19.1. The van der Waals surface area contributed by atoms with E-state index in [2.05, 4.69) is 38.1 Å². The number of unbranched alkanes of at least 4 members (excludes halogenated alkanes) is 3. The predicted octanol–water partition coefficient (Wildman–Crippen LogP) is 6.37. The number of fused-ring (bicyclic) bond motifs is 1.